The van der Waals surface area contributed by atoms with Gasteiger partial charge in [-0.2, -0.15) is 0 Å². The van der Waals surface area contributed by atoms with Gasteiger partial charge in [0.25, 0.3) is 0 Å². The summed E-state index contributed by atoms with van der Waals surface area (Å²) in [6, 6.07) is 67.9. The monoisotopic (exact) mass is 739 g/mol. The highest BCUT2D eigenvalue weighted by molar-refractivity contribution is 7.26. The van der Waals surface area contributed by atoms with E-state index in [1.807, 2.05) is 22.7 Å². The Bertz CT molecular complexity index is 2920. The van der Waals surface area contributed by atoms with Gasteiger partial charge in [-0.1, -0.05) is 127 Å². The van der Waals surface area contributed by atoms with E-state index in [1.54, 1.807) is 0 Å². The van der Waals surface area contributed by atoms with Gasteiger partial charge in [-0.05, 0) is 113 Å². The lowest BCUT2D eigenvalue weighted by Crippen LogP contribution is -2.12. The van der Waals surface area contributed by atoms with Gasteiger partial charge in [-0.3, -0.25) is 0 Å². The minimum atomic E-state index is 0.524. The Morgan fingerprint density at radius 3 is 1.69 bits per heavy atom. The van der Waals surface area contributed by atoms with Crippen LogP contribution in [0.1, 0.15) is 29.0 Å². The fourth-order valence-corrected chi connectivity index (χ4v) is 11.1. The maximum atomic E-state index is 2.47. The number of thiophene rings is 2. The minimum Gasteiger partial charge on any atom is -0.310 e. The van der Waals surface area contributed by atoms with E-state index >= 15 is 0 Å². The number of nitrogens with zero attached hydrogens (tertiary/aromatic N) is 1. The molecule has 0 radical (unpaired) electrons. The van der Waals surface area contributed by atoms with Crippen LogP contribution in [0.5, 0.6) is 0 Å². The van der Waals surface area contributed by atoms with Crippen molar-refractivity contribution in [2.45, 2.75) is 25.2 Å². The van der Waals surface area contributed by atoms with Gasteiger partial charge in [0.15, 0.2) is 0 Å². The second-order valence-electron chi connectivity index (χ2n) is 14.8. The molecule has 0 fully saturated rings. The first kappa shape index (κ1) is 32.4. The fourth-order valence-electron chi connectivity index (χ4n) is 8.93. The van der Waals surface area contributed by atoms with Gasteiger partial charge in [-0.25, -0.2) is 0 Å². The van der Waals surface area contributed by atoms with Gasteiger partial charge in [0, 0.05) is 57.3 Å². The lowest BCUT2D eigenvalue weighted by Gasteiger charge is -2.28. The smallest absolute Gasteiger partial charge is 0.0540 e. The van der Waals surface area contributed by atoms with Gasteiger partial charge in [0.05, 0.1) is 5.69 Å². The van der Waals surface area contributed by atoms with Crippen molar-refractivity contribution in [2.75, 3.05) is 4.90 Å². The van der Waals surface area contributed by atoms with E-state index in [4.69, 9.17) is 0 Å². The summed E-state index contributed by atoms with van der Waals surface area (Å²) in [7, 11) is 0. The topological polar surface area (TPSA) is 3.24 Å². The highest BCUT2D eigenvalue weighted by Crippen LogP contribution is 2.46. The molecular weight excluding hydrogens is 703 g/mol. The number of anilines is 3. The summed E-state index contributed by atoms with van der Waals surface area (Å²) in [4.78, 5) is 2.47. The highest BCUT2D eigenvalue weighted by atomic mass is 32.1. The molecular formula is C52H37NS2. The molecule has 1 aliphatic carbocycles. The Balaban J connectivity index is 0.973. The van der Waals surface area contributed by atoms with Crippen LogP contribution in [-0.2, 0) is 12.8 Å². The molecule has 10 aromatic rings. The standard InChI is InChI=1S/C52H37NS2/c1-2-12-40-36(11-1)31-37(41-13-3-4-15-43(40)41)26-23-34-21-24-35(25-22-34)42-14-5-8-18-48(42)53(38-27-29-51-46(32-38)44-16-6-9-19-49(44)54-51)39-28-30-52-47(33-39)45-17-7-10-20-50(45)55-52/h1-22,24-25,27-30,32-33,37H,23,26,31H2. The molecule has 8 aromatic carbocycles. The molecule has 1 nitrogen and oxygen atoms in total. The molecule has 0 N–H and O–H groups in total. The molecule has 0 saturated carbocycles. The Morgan fingerprint density at radius 1 is 0.455 bits per heavy atom. The lowest BCUT2D eigenvalue weighted by atomic mass is 9.76. The van der Waals surface area contributed by atoms with Gasteiger partial charge >= 0.3 is 0 Å². The quantitative estimate of drug-likeness (QED) is 0.157. The van der Waals surface area contributed by atoms with E-state index < -0.39 is 0 Å². The van der Waals surface area contributed by atoms with Gasteiger partial charge < -0.3 is 4.90 Å². The molecule has 11 rings (SSSR count). The van der Waals surface area contributed by atoms with Gasteiger partial charge in [-0.15, -0.1) is 22.7 Å². The molecule has 2 heterocycles. The number of rotatable bonds is 7. The molecule has 0 spiro atoms. The van der Waals surface area contributed by atoms with Crippen molar-refractivity contribution in [3.63, 3.8) is 0 Å². The van der Waals surface area contributed by atoms with Crippen molar-refractivity contribution in [1.29, 1.82) is 0 Å². The van der Waals surface area contributed by atoms with Crippen molar-refractivity contribution < 1.29 is 0 Å². The first-order valence-corrected chi connectivity index (χ1v) is 20.9. The summed E-state index contributed by atoms with van der Waals surface area (Å²) in [5, 5.41) is 5.23. The van der Waals surface area contributed by atoms with Crippen molar-refractivity contribution >= 4 is 80.1 Å². The lowest BCUT2D eigenvalue weighted by molar-refractivity contribution is 0.616. The number of hydrogen-bond donors (Lipinski definition) is 0. The Morgan fingerprint density at radius 2 is 1.00 bits per heavy atom. The average Bonchev–Trinajstić information content (AvgIpc) is 3.81. The zero-order valence-electron chi connectivity index (χ0n) is 30.3. The van der Waals surface area contributed by atoms with Crippen molar-refractivity contribution in [2.24, 2.45) is 0 Å². The SMILES string of the molecule is c1ccc2c(c1)CC(CCc1ccc(-c3ccccc3N(c3ccc4sc5ccccc5c4c3)c3ccc4sc5ccccc5c4c3)cc1)c1ccccc1-2. The molecule has 0 amide bonds. The fraction of sp³-hybridized carbons (Fsp3) is 0.0769. The average molecular weight is 740 g/mol. The van der Waals surface area contributed by atoms with Crippen LogP contribution in [0.3, 0.4) is 0 Å². The van der Waals surface area contributed by atoms with Crippen LogP contribution in [-0.4, -0.2) is 0 Å². The number of benzene rings is 8. The largest absolute Gasteiger partial charge is 0.310 e. The van der Waals surface area contributed by atoms with E-state index in [0.717, 1.165) is 30.6 Å². The van der Waals surface area contributed by atoms with Crippen LogP contribution in [0.25, 0.3) is 62.6 Å². The molecule has 1 unspecified atom stereocenters. The normalized spacial score (nSPS) is 13.7. The van der Waals surface area contributed by atoms with Crippen molar-refractivity contribution in [1.82, 2.24) is 0 Å². The van der Waals surface area contributed by atoms with Gasteiger partial charge in [0.1, 0.15) is 0 Å². The number of para-hydroxylation sites is 1. The Labute approximate surface area is 329 Å². The van der Waals surface area contributed by atoms with Crippen LogP contribution < -0.4 is 4.90 Å². The zero-order chi connectivity index (χ0) is 36.3. The van der Waals surface area contributed by atoms with E-state index in [1.165, 1.54) is 85.0 Å². The predicted octanol–water partition coefficient (Wildman–Crippen LogP) is 15.5. The molecule has 3 heteroatoms. The summed E-state index contributed by atoms with van der Waals surface area (Å²) < 4.78 is 5.28. The van der Waals surface area contributed by atoms with Crippen LogP contribution in [0.4, 0.5) is 17.1 Å². The first-order valence-electron chi connectivity index (χ1n) is 19.2. The van der Waals surface area contributed by atoms with Crippen LogP contribution in [0.15, 0.2) is 182 Å². The van der Waals surface area contributed by atoms with Crippen LogP contribution in [0.2, 0.25) is 0 Å². The summed E-state index contributed by atoms with van der Waals surface area (Å²) in [5.41, 5.74) is 13.1. The third-order valence-electron chi connectivity index (χ3n) is 11.6. The highest BCUT2D eigenvalue weighted by Gasteiger charge is 2.24. The zero-order valence-corrected chi connectivity index (χ0v) is 31.9. The molecule has 1 atom stereocenters. The number of fused-ring (bicyclic) bond motifs is 9. The van der Waals surface area contributed by atoms with Gasteiger partial charge in [0.2, 0.25) is 0 Å². The third-order valence-corrected chi connectivity index (χ3v) is 13.9. The van der Waals surface area contributed by atoms with Crippen LogP contribution >= 0.6 is 22.7 Å². The Kier molecular flexibility index (Phi) is 7.89. The molecule has 2 aromatic heterocycles. The summed E-state index contributed by atoms with van der Waals surface area (Å²) >= 11 is 3.74. The predicted molar refractivity (Wildman–Crippen MR) is 239 cm³/mol. The summed E-state index contributed by atoms with van der Waals surface area (Å²) in [6.45, 7) is 0. The first-order chi connectivity index (χ1) is 27.2. The van der Waals surface area contributed by atoms with E-state index in [2.05, 4.69) is 187 Å². The molecule has 1 aliphatic rings. The second kappa shape index (κ2) is 13.4. The van der Waals surface area contributed by atoms with E-state index in [0.29, 0.717) is 5.92 Å². The number of aryl methyl sites for hydroxylation is 1. The molecule has 55 heavy (non-hydrogen) atoms. The maximum Gasteiger partial charge on any atom is 0.0540 e. The molecule has 0 bridgehead atoms. The van der Waals surface area contributed by atoms with Crippen LogP contribution in [0, 0.1) is 0 Å². The number of hydrogen-bond acceptors (Lipinski definition) is 3. The third kappa shape index (κ3) is 5.66. The van der Waals surface area contributed by atoms with Crippen molar-refractivity contribution in [3.8, 4) is 22.3 Å². The summed E-state index contributed by atoms with van der Waals surface area (Å²) in [5.74, 6) is 0.524. The maximum absolute atomic E-state index is 2.47. The Hall–Kier alpha value is -6.00. The minimum absolute atomic E-state index is 0.524. The second-order valence-corrected chi connectivity index (χ2v) is 17.0. The van der Waals surface area contributed by atoms with Crippen molar-refractivity contribution in [3.05, 3.63) is 199 Å². The van der Waals surface area contributed by atoms with E-state index in [-0.39, 0.29) is 0 Å². The molecule has 262 valence electrons. The summed E-state index contributed by atoms with van der Waals surface area (Å²) in [6.07, 6.45) is 3.29. The van der Waals surface area contributed by atoms with E-state index in [9.17, 15) is 0 Å². The molecule has 0 aliphatic heterocycles. The molecule has 0 saturated heterocycles.